The third-order valence-corrected chi connectivity index (χ3v) is 6.96. The topological polar surface area (TPSA) is 144 Å². The van der Waals surface area contributed by atoms with Crippen LogP contribution in [0.15, 0.2) is 42.6 Å². The molecule has 11 heteroatoms. The zero-order valence-corrected chi connectivity index (χ0v) is 21.7. The summed E-state index contributed by atoms with van der Waals surface area (Å²) in [5, 5.41) is 17.6. The Balaban J connectivity index is 1.11. The first-order chi connectivity index (χ1) is 19.0. The molecule has 0 radical (unpaired) electrons. The number of benzene rings is 1. The predicted molar refractivity (Wildman–Crippen MR) is 144 cm³/mol. The van der Waals surface area contributed by atoms with E-state index in [0.29, 0.717) is 61.4 Å². The zero-order valence-electron chi connectivity index (χ0n) is 21.7. The predicted octanol–water partition coefficient (Wildman–Crippen LogP) is 3.72. The van der Waals surface area contributed by atoms with Crippen molar-refractivity contribution in [2.24, 2.45) is 5.92 Å². The molecule has 1 fully saturated rings. The third-order valence-electron chi connectivity index (χ3n) is 6.96. The van der Waals surface area contributed by atoms with Gasteiger partial charge in [-0.1, -0.05) is 6.07 Å². The lowest BCUT2D eigenvalue weighted by atomic mass is 9.85. The molecule has 2 aromatic heterocycles. The molecule has 0 saturated heterocycles. The van der Waals surface area contributed by atoms with Gasteiger partial charge in [0.15, 0.2) is 11.5 Å². The van der Waals surface area contributed by atoms with Crippen molar-refractivity contribution < 1.29 is 28.9 Å². The number of carbonyl (C=O) groups excluding carboxylic acids is 1. The molecular formula is C28H33N5O6. The number of rotatable bonds is 10. The smallest absolute Gasteiger partial charge is 0.404 e. The molecular weight excluding hydrogens is 502 g/mol. The minimum atomic E-state index is -1.06. The molecule has 0 bridgehead atoms. The normalized spacial score (nSPS) is 18.4. The second-order valence-corrected chi connectivity index (χ2v) is 9.71. The van der Waals surface area contributed by atoms with Gasteiger partial charge in [-0.15, -0.1) is 0 Å². The molecule has 2 amide bonds. The van der Waals surface area contributed by atoms with Gasteiger partial charge >= 0.3 is 6.09 Å². The Kier molecular flexibility index (Phi) is 8.57. The quantitative estimate of drug-likeness (QED) is 0.286. The monoisotopic (exact) mass is 535 g/mol. The first-order valence-electron chi connectivity index (χ1n) is 13.3. The number of amides is 2. The van der Waals surface area contributed by atoms with E-state index < -0.39 is 6.09 Å². The lowest BCUT2D eigenvalue weighted by Gasteiger charge is -2.29. The minimum Gasteiger partial charge on any atom is -0.486 e. The van der Waals surface area contributed by atoms with Crippen LogP contribution in [0.1, 0.15) is 37.7 Å². The van der Waals surface area contributed by atoms with Gasteiger partial charge in [0.25, 0.3) is 0 Å². The first-order valence-corrected chi connectivity index (χ1v) is 13.3. The van der Waals surface area contributed by atoms with Crippen LogP contribution in [0, 0.1) is 5.92 Å². The van der Waals surface area contributed by atoms with Crippen LogP contribution >= 0.6 is 0 Å². The summed E-state index contributed by atoms with van der Waals surface area (Å²) in [4.78, 5) is 32.5. The molecule has 11 nitrogen and oxygen atoms in total. The highest BCUT2D eigenvalue weighted by molar-refractivity contribution is 6.00. The molecule has 1 saturated carbocycles. The maximum atomic E-state index is 13.1. The van der Waals surface area contributed by atoms with Gasteiger partial charge in [0.1, 0.15) is 18.7 Å². The van der Waals surface area contributed by atoms with Crippen LogP contribution < -0.4 is 30.2 Å². The number of anilines is 1. The Morgan fingerprint density at radius 1 is 1.03 bits per heavy atom. The third kappa shape index (κ3) is 7.05. The van der Waals surface area contributed by atoms with Crippen LogP contribution in [0.2, 0.25) is 0 Å². The van der Waals surface area contributed by atoms with E-state index in [-0.39, 0.29) is 11.8 Å². The zero-order chi connectivity index (χ0) is 27.0. The van der Waals surface area contributed by atoms with Crippen LogP contribution in [0.5, 0.6) is 17.4 Å². The summed E-state index contributed by atoms with van der Waals surface area (Å²) in [6.07, 6.45) is 4.55. The second kappa shape index (κ2) is 12.6. The number of nitrogens with zero attached hydrogens (tertiary/aromatic N) is 2. The molecule has 4 N–H and O–H groups in total. The van der Waals surface area contributed by atoms with E-state index in [0.717, 1.165) is 49.3 Å². The van der Waals surface area contributed by atoms with Gasteiger partial charge in [-0.3, -0.25) is 9.78 Å². The van der Waals surface area contributed by atoms with E-state index in [2.05, 4.69) is 32.0 Å². The van der Waals surface area contributed by atoms with Gasteiger partial charge in [0, 0.05) is 37.3 Å². The molecule has 3 heterocycles. The molecule has 5 rings (SSSR count). The van der Waals surface area contributed by atoms with Crippen LogP contribution in [-0.2, 0) is 11.3 Å². The number of nitrogens with one attached hydrogen (secondary N) is 3. The largest absolute Gasteiger partial charge is 0.486 e. The maximum Gasteiger partial charge on any atom is 0.404 e. The molecule has 0 unspecified atom stereocenters. The van der Waals surface area contributed by atoms with Crippen molar-refractivity contribution in [3.05, 3.63) is 48.2 Å². The second-order valence-electron chi connectivity index (χ2n) is 9.71. The standard InChI is InChI=1S/C28H33N5O6/c34-27(19-3-5-20(6-4-19)31-17-18-2-8-23-24(16-18)38-15-14-37-23)32-22-10-12-29-21-7-9-25(33-26(21)22)39-13-1-11-30-28(35)36/h2,7-10,12,16,19-20,30-31H,1,3-6,11,13-15,17H2,(H,35,36)(H,29,32,34). The maximum absolute atomic E-state index is 13.1. The molecule has 2 aliphatic rings. The summed E-state index contributed by atoms with van der Waals surface area (Å²) in [5.74, 6) is 1.90. The number of ether oxygens (including phenoxy) is 3. The fraction of sp³-hybridized carbons (Fsp3) is 0.429. The number of carboxylic acid groups (broad SMARTS) is 1. The average Bonchev–Trinajstić information content (AvgIpc) is 2.96. The highest BCUT2D eigenvalue weighted by Crippen LogP contribution is 2.31. The summed E-state index contributed by atoms with van der Waals surface area (Å²) < 4.78 is 16.9. The summed E-state index contributed by atoms with van der Waals surface area (Å²) in [6, 6.07) is 11.6. The Hall–Kier alpha value is -4.12. The highest BCUT2D eigenvalue weighted by atomic mass is 16.6. The van der Waals surface area contributed by atoms with Crippen molar-refractivity contribution in [3.8, 4) is 17.4 Å². The van der Waals surface area contributed by atoms with Crippen molar-refractivity contribution in [2.75, 3.05) is 31.7 Å². The molecule has 3 aromatic rings. The Morgan fingerprint density at radius 3 is 2.67 bits per heavy atom. The molecule has 1 aliphatic carbocycles. The summed E-state index contributed by atoms with van der Waals surface area (Å²) in [6.45, 7) is 2.51. The van der Waals surface area contributed by atoms with Crippen molar-refractivity contribution in [2.45, 2.75) is 44.7 Å². The molecule has 0 atom stereocenters. The fourth-order valence-corrected chi connectivity index (χ4v) is 4.89. The molecule has 0 spiro atoms. The lowest BCUT2D eigenvalue weighted by molar-refractivity contribution is -0.120. The van der Waals surface area contributed by atoms with Crippen LogP contribution in [0.3, 0.4) is 0 Å². The minimum absolute atomic E-state index is 0.0133. The number of carbonyl (C=O) groups is 2. The van der Waals surface area contributed by atoms with Crippen LogP contribution in [0.4, 0.5) is 10.5 Å². The van der Waals surface area contributed by atoms with Gasteiger partial charge < -0.3 is 35.3 Å². The Labute approximate surface area is 226 Å². The summed E-state index contributed by atoms with van der Waals surface area (Å²) in [5.41, 5.74) is 2.96. The number of fused-ring (bicyclic) bond motifs is 2. The van der Waals surface area contributed by atoms with Gasteiger partial charge in [-0.05, 0) is 61.9 Å². The number of hydrogen-bond acceptors (Lipinski definition) is 8. The first kappa shape index (κ1) is 26.5. The van der Waals surface area contributed by atoms with Crippen molar-refractivity contribution >= 4 is 28.7 Å². The van der Waals surface area contributed by atoms with E-state index in [1.165, 1.54) is 0 Å². The lowest BCUT2D eigenvalue weighted by Crippen LogP contribution is -2.36. The van der Waals surface area contributed by atoms with Crippen LogP contribution in [-0.4, -0.2) is 59.5 Å². The van der Waals surface area contributed by atoms with E-state index in [4.69, 9.17) is 19.3 Å². The van der Waals surface area contributed by atoms with Gasteiger partial charge in [-0.25, -0.2) is 9.78 Å². The summed E-state index contributed by atoms with van der Waals surface area (Å²) >= 11 is 0. The average molecular weight is 536 g/mol. The van der Waals surface area contributed by atoms with E-state index in [1.807, 2.05) is 12.1 Å². The SMILES string of the molecule is O=C(O)NCCCOc1ccc2nccc(NC(=O)C3CCC(NCc4ccc5c(c4)OCCO5)CC3)c2n1. The van der Waals surface area contributed by atoms with E-state index >= 15 is 0 Å². The van der Waals surface area contributed by atoms with E-state index in [1.54, 1.807) is 24.4 Å². The molecule has 1 aromatic carbocycles. The highest BCUT2D eigenvalue weighted by Gasteiger charge is 2.27. The number of hydrogen-bond donors (Lipinski definition) is 4. The Bertz CT molecular complexity index is 1310. The van der Waals surface area contributed by atoms with Crippen LogP contribution in [0.25, 0.3) is 11.0 Å². The van der Waals surface area contributed by atoms with Crippen molar-refractivity contribution in [3.63, 3.8) is 0 Å². The fourth-order valence-electron chi connectivity index (χ4n) is 4.89. The van der Waals surface area contributed by atoms with Gasteiger partial charge in [0.05, 0.1) is 17.8 Å². The van der Waals surface area contributed by atoms with E-state index in [9.17, 15) is 9.59 Å². The van der Waals surface area contributed by atoms with Crippen molar-refractivity contribution in [1.82, 2.24) is 20.6 Å². The Morgan fingerprint density at radius 2 is 1.85 bits per heavy atom. The summed E-state index contributed by atoms with van der Waals surface area (Å²) in [7, 11) is 0. The van der Waals surface area contributed by atoms with Gasteiger partial charge in [0.2, 0.25) is 11.8 Å². The number of pyridine rings is 2. The number of aromatic nitrogens is 2. The molecule has 1 aliphatic heterocycles. The molecule has 39 heavy (non-hydrogen) atoms. The molecule has 206 valence electrons. The van der Waals surface area contributed by atoms with Crippen molar-refractivity contribution in [1.29, 1.82) is 0 Å². The van der Waals surface area contributed by atoms with Gasteiger partial charge in [-0.2, -0.15) is 0 Å².